The van der Waals surface area contributed by atoms with Gasteiger partial charge >= 0.3 is 0 Å². The molecule has 1 saturated heterocycles. The molecule has 0 bridgehead atoms. The lowest BCUT2D eigenvalue weighted by Gasteiger charge is -2.53. The normalized spacial score (nSPS) is 33.8. The zero-order chi connectivity index (χ0) is 12.6. The van der Waals surface area contributed by atoms with E-state index in [-0.39, 0.29) is 17.9 Å². The smallest absolute Gasteiger partial charge is 0.144 e. The first-order chi connectivity index (χ1) is 7.94. The summed E-state index contributed by atoms with van der Waals surface area (Å²) < 4.78 is -0.428. The minimum atomic E-state index is -0.428. The largest absolute Gasteiger partial charge is 0.627 e. The highest BCUT2D eigenvalue weighted by Gasteiger charge is 2.40. The molecular weight excluding hydrogens is 238 g/mol. The Morgan fingerprint density at radius 3 is 2.12 bits per heavy atom. The number of benzene rings is 1. The van der Waals surface area contributed by atoms with Gasteiger partial charge in [0.25, 0.3) is 0 Å². The van der Waals surface area contributed by atoms with Crippen LogP contribution in [0.25, 0.3) is 0 Å². The van der Waals surface area contributed by atoms with E-state index in [2.05, 4.69) is 0 Å². The molecule has 0 saturated carbocycles. The topological polar surface area (TPSA) is 40.1 Å². The lowest BCUT2D eigenvalue weighted by Crippen LogP contribution is -2.60. The fraction of sp³-hybridized carbons (Fsp3) is 0.462. The van der Waals surface area contributed by atoms with Crippen LogP contribution < -0.4 is 4.65 Å². The zero-order valence-corrected chi connectivity index (χ0v) is 10.8. The predicted octanol–water partition coefficient (Wildman–Crippen LogP) is 3.29. The molecule has 4 heteroatoms. The number of carbonyl (C=O) groups excluding carboxylic acids is 1. The number of piperidine rings is 1. The number of rotatable bonds is 1. The molecule has 2 unspecified atom stereocenters. The average Bonchev–Trinajstić information content (AvgIpc) is 2.26. The molecule has 1 aliphatic rings. The van der Waals surface area contributed by atoms with E-state index >= 15 is 0 Å². The molecule has 17 heavy (non-hydrogen) atoms. The first-order valence-corrected chi connectivity index (χ1v) is 6.19. The number of carbonyl (C=O) groups is 1. The van der Waals surface area contributed by atoms with Crippen molar-refractivity contribution in [2.75, 3.05) is 0 Å². The van der Waals surface area contributed by atoms with Gasteiger partial charge in [-0.1, -0.05) is 11.6 Å². The van der Waals surface area contributed by atoms with E-state index in [9.17, 15) is 10.0 Å². The average molecular weight is 254 g/mol. The van der Waals surface area contributed by atoms with Crippen molar-refractivity contribution < 1.29 is 4.79 Å². The van der Waals surface area contributed by atoms with E-state index in [1.807, 2.05) is 13.8 Å². The third-order valence-electron chi connectivity index (χ3n) is 3.59. The predicted molar refractivity (Wildman–Crippen MR) is 69.8 cm³/mol. The molecule has 1 aromatic carbocycles. The highest BCUT2D eigenvalue weighted by Crippen LogP contribution is 2.35. The van der Waals surface area contributed by atoms with E-state index in [0.29, 0.717) is 23.6 Å². The minimum Gasteiger partial charge on any atom is -0.627 e. The molecule has 1 fully saturated rings. The summed E-state index contributed by atoms with van der Waals surface area (Å²) in [5.74, 6) is 0.184. The van der Waals surface area contributed by atoms with Crippen molar-refractivity contribution >= 4 is 23.1 Å². The quantitative estimate of drug-likeness (QED) is 0.569. The van der Waals surface area contributed by atoms with Crippen molar-refractivity contribution in [3.05, 3.63) is 34.5 Å². The van der Waals surface area contributed by atoms with Gasteiger partial charge in [0.05, 0.1) is 24.9 Å². The summed E-state index contributed by atoms with van der Waals surface area (Å²) in [7, 11) is 0. The molecule has 1 aromatic rings. The summed E-state index contributed by atoms with van der Waals surface area (Å²) >= 11 is 5.83. The van der Waals surface area contributed by atoms with Gasteiger partial charge in [0.2, 0.25) is 0 Å². The van der Waals surface area contributed by atoms with Crippen molar-refractivity contribution in [2.24, 2.45) is 0 Å². The molecule has 0 aliphatic carbocycles. The Morgan fingerprint density at radius 1 is 1.18 bits per heavy atom. The summed E-state index contributed by atoms with van der Waals surface area (Å²) in [6, 6.07) is 6.52. The highest BCUT2D eigenvalue weighted by molar-refractivity contribution is 6.30. The third-order valence-corrected chi connectivity index (χ3v) is 3.84. The Kier molecular flexibility index (Phi) is 3.25. The molecule has 0 radical (unpaired) electrons. The molecular formula is C13H16ClNO2. The first-order valence-electron chi connectivity index (χ1n) is 5.82. The summed E-state index contributed by atoms with van der Waals surface area (Å²) in [6.45, 7) is 3.68. The van der Waals surface area contributed by atoms with E-state index in [0.717, 1.165) is 0 Å². The molecule has 2 rings (SSSR count). The van der Waals surface area contributed by atoms with Gasteiger partial charge in [-0.25, -0.2) is 0 Å². The van der Waals surface area contributed by atoms with E-state index < -0.39 is 4.65 Å². The molecule has 2 atom stereocenters. The second-order valence-corrected chi connectivity index (χ2v) is 5.27. The molecule has 1 aliphatic heterocycles. The SMILES string of the molecule is CC1CC(=O)CC(C)[N+]1([O-])c1ccc(Cl)cc1. The van der Waals surface area contributed by atoms with Gasteiger partial charge < -0.3 is 9.85 Å². The number of hydrogen-bond donors (Lipinski definition) is 0. The van der Waals surface area contributed by atoms with Crippen molar-refractivity contribution in [3.63, 3.8) is 0 Å². The van der Waals surface area contributed by atoms with Gasteiger partial charge in [-0.3, -0.25) is 4.79 Å². The minimum absolute atomic E-state index is 0.184. The second-order valence-electron chi connectivity index (χ2n) is 4.83. The van der Waals surface area contributed by atoms with E-state index in [4.69, 9.17) is 11.6 Å². The van der Waals surface area contributed by atoms with Gasteiger partial charge in [-0.05, 0) is 26.0 Å². The number of quaternary nitrogens is 1. The number of hydrogen-bond acceptors (Lipinski definition) is 2. The van der Waals surface area contributed by atoms with Crippen LogP contribution in [0, 0.1) is 5.21 Å². The summed E-state index contributed by atoms with van der Waals surface area (Å²) in [6.07, 6.45) is 0.715. The van der Waals surface area contributed by atoms with Crippen molar-refractivity contribution in [3.8, 4) is 0 Å². The fourth-order valence-corrected chi connectivity index (χ4v) is 2.76. The number of Topliss-reactive ketones (excluding diaryl/α,β-unsaturated/α-hetero) is 1. The number of hydroxylamine groups is 2. The van der Waals surface area contributed by atoms with Crippen LogP contribution in [0.2, 0.25) is 5.02 Å². The second kappa shape index (κ2) is 4.41. The van der Waals surface area contributed by atoms with Crippen molar-refractivity contribution in [1.29, 1.82) is 0 Å². The third kappa shape index (κ3) is 2.10. The first kappa shape index (κ1) is 12.6. The van der Waals surface area contributed by atoms with Gasteiger partial charge in [0, 0.05) is 17.2 Å². The zero-order valence-electron chi connectivity index (χ0n) is 10.0. The maximum absolute atomic E-state index is 13.0. The van der Waals surface area contributed by atoms with Crippen molar-refractivity contribution in [1.82, 2.24) is 4.65 Å². The Bertz CT molecular complexity index is 416. The van der Waals surface area contributed by atoms with E-state index in [1.165, 1.54) is 0 Å². The number of ketones is 1. The van der Waals surface area contributed by atoms with Crippen LogP contribution in [0.3, 0.4) is 0 Å². The van der Waals surface area contributed by atoms with Crippen LogP contribution in [-0.2, 0) is 4.79 Å². The maximum Gasteiger partial charge on any atom is 0.144 e. The molecule has 1 heterocycles. The lowest BCUT2D eigenvalue weighted by atomic mass is 9.94. The van der Waals surface area contributed by atoms with Gasteiger partial charge in [-0.15, -0.1) is 0 Å². The molecule has 92 valence electrons. The molecule has 0 amide bonds. The molecule has 0 spiro atoms. The number of nitrogens with zero attached hydrogens (tertiary/aromatic N) is 1. The summed E-state index contributed by atoms with van der Waals surface area (Å²) in [4.78, 5) is 11.5. The van der Waals surface area contributed by atoms with Crippen LogP contribution >= 0.6 is 11.6 Å². The fourth-order valence-electron chi connectivity index (χ4n) is 2.63. The molecule has 0 aromatic heterocycles. The number of halogens is 1. The lowest BCUT2D eigenvalue weighted by molar-refractivity contribution is -0.123. The summed E-state index contributed by atoms with van der Waals surface area (Å²) in [5, 5.41) is 13.6. The van der Waals surface area contributed by atoms with Gasteiger partial charge in [0.1, 0.15) is 11.5 Å². The standard InChI is InChI=1S/C13H16ClNO2/c1-9-7-13(16)8-10(2)15(9,17)12-5-3-11(14)4-6-12/h3-6,9-10H,7-8H2,1-2H3. The van der Waals surface area contributed by atoms with Crippen LogP contribution in [0.1, 0.15) is 26.7 Å². The van der Waals surface area contributed by atoms with Crippen molar-refractivity contribution in [2.45, 2.75) is 38.8 Å². The Labute approximate surface area is 106 Å². The van der Waals surface area contributed by atoms with Crippen LogP contribution in [0.15, 0.2) is 24.3 Å². The molecule has 0 N–H and O–H groups in total. The van der Waals surface area contributed by atoms with Crippen LogP contribution in [0.5, 0.6) is 0 Å². The maximum atomic E-state index is 13.0. The highest BCUT2D eigenvalue weighted by atomic mass is 35.5. The Balaban J connectivity index is 2.39. The van der Waals surface area contributed by atoms with Gasteiger partial charge in [-0.2, -0.15) is 0 Å². The Morgan fingerprint density at radius 2 is 1.65 bits per heavy atom. The van der Waals surface area contributed by atoms with E-state index in [1.54, 1.807) is 24.3 Å². The van der Waals surface area contributed by atoms with Gasteiger partial charge in [0.15, 0.2) is 0 Å². The van der Waals surface area contributed by atoms with Crippen LogP contribution in [0.4, 0.5) is 5.69 Å². The monoisotopic (exact) mass is 253 g/mol. The van der Waals surface area contributed by atoms with Crippen LogP contribution in [-0.4, -0.2) is 17.9 Å². The Hall–Kier alpha value is -0.900. The summed E-state index contributed by atoms with van der Waals surface area (Å²) in [5.41, 5.74) is 0.682. The molecule has 3 nitrogen and oxygen atoms in total.